The second kappa shape index (κ2) is 11.5. The summed E-state index contributed by atoms with van der Waals surface area (Å²) in [4.78, 5) is 17.8. The molecule has 2 bridgehead atoms. The quantitative estimate of drug-likeness (QED) is 0.373. The molecule has 0 spiro atoms. The maximum absolute atomic E-state index is 13.3. The van der Waals surface area contributed by atoms with Crippen molar-refractivity contribution in [2.75, 3.05) is 41.4 Å². The molecule has 2 atom stereocenters. The number of aryl methyl sites for hydroxylation is 1. The fourth-order valence-electron chi connectivity index (χ4n) is 5.71. The molecule has 3 aromatic rings. The maximum Gasteiger partial charge on any atom is 0.326 e. The number of nitrogens with zero attached hydrogens (tertiary/aromatic N) is 6. The minimum absolute atomic E-state index is 0.188. The normalized spacial score (nSPS) is 19.3. The largest absolute Gasteiger partial charge is 0.326 e. The van der Waals surface area contributed by atoms with Gasteiger partial charge in [0.05, 0.1) is 23.1 Å². The number of para-hydroxylation sites is 1. The third-order valence-electron chi connectivity index (χ3n) is 7.52. The molecule has 0 aliphatic carbocycles. The molecule has 2 aromatic carbocycles. The molecule has 2 saturated heterocycles. The molecule has 2 fully saturated rings. The van der Waals surface area contributed by atoms with Crippen molar-refractivity contribution in [3.05, 3.63) is 70.2 Å². The van der Waals surface area contributed by atoms with Crippen LogP contribution in [0, 0.1) is 6.92 Å². The molecule has 0 unspecified atom stereocenters. The van der Waals surface area contributed by atoms with Crippen LogP contribution >= 0.6 is 23.2 Å². The number of urea groups is 1. The van der Waals surface area contributed by atoms with E-state index in [1.54, 1.807) is 23.1 Å². The van der Waals surface area contributed by atoms with Crippen molar-refractivity contribution in [2.45, 2.75) is 58.0 Å². The van der Waals surface area contributed by atoms with E-state index in [1.807, 2.05) is 37.3 Å². The lowest BCUT2D eigenvalue weighted by molar-refractivity contribution is 0.152. The Morgan fingerprint density at radius 3 is 2.42 bits per heavy atom. The second-order valence-corrected chi connectivity index (χ2v) is 11.3. The van der Waals surface area contributed by atoms with E-state index in [0.29, 0.717) is 40.3 Å². The number of anilines is 2. The van der Waals surface area contributed by atoms with Crippen LogP contribution in [-0.2, 0) is 0 Å². The van der Waals surface area contributed by atoms with E-state index in [9.17, 15) is 4.79 Å². The van der Waals surface area contributed by atoms with Crippen molar-refractivity contribution < 1.29 is 4.79 Å². The molecular formula is C28H35Cl2N7O. The predicted octanol–water partition coefficient (Wildman–Crippen LogP) is 5.93. The smallest absolute Gasteiger partial charge is 0.307 e. The Balaban J connectivity index is 1.23. The predicted molar refractivity (Wildman–Crippen MR) is 154 cm³/mol. The van der Waals surface area contributed by atoms with Crippen LogP contribution in [0.1, 0.15) is 50.7 Å². The molecule has 2 aliphatic heterocycles. The van der Waals surface area contributed by atoms with Crippen molar-refractivity contribution in [1.82, 2.24) is 19.8 Å². The maximum atomic E-state index is 13.3. The monoisotopic (exact) mass is 555 g/mol. The lowest BCUT2D eigenvalue weighted by atomic mass is 10.2. The summed E-state index contributed by atoms with van der Waals surface area (Å²) in [6.07, 6.45) is 3.26. The van der Waals surface area contributed by atoms with E-state index in [0.717, 1.165) is 43.4 Å². The highest BCUT2D eigenvalue weighted by atomic mass is 35.5. The van der Waals surface area contributed by atoms with Crippen molar-refractivity contribution >= 4 is 40.6 Å². The molecule has 8 nitrogen and oxygen atoms in total. The first kappa shape index (κ1) is 26.8. The molecule has 1 N–H and O–H groups in total. The third-order valence-corrected chi connectivity index (χ3v) is 8.26. The zero-order valence-corrected chi connectivity index (χ0v) is 23.7. The van der Waals surface area contributed by atoms with Gasteiger partial charge in [-0.25, -0.2) is 9.47 Å². The summed E-state index contributed by atoms with van der Waals surface area (Å²) in [5, 5.41) is 15.1. The topological polar surface area (TPSA) is 69.5 Å². The molecule has 10 heteroatoms. The lowest BCUT2D eigenvalue weighted by Gasteiger charge is -2.43. The SMILES string of the molecule is Cc1nnc(C(C)C)n1N1C[C@H]2CC[C@@H](C1)N2CCCN(C(=O)Nc1ccc(Cl)c(Cl)c1)c1ccccc1. The molecular weight excluding hydrogens is 521 g/mol. The Labute approximate surface area is 234 Å². The summed E-state index contributed by atoms with van der Waals surface area (Å²) < 4.78 is 2.23. The Hall–Kier alpha value is -2.81. The van der Waals surface area contributed by atoms with Gasteiger partial charge >= 0.3 is 6.03 Å². The highest BCUT2D eigenvalue weighted by Crippen LogP contribution is 2.31. The molecule has 5 rings (SSSR count). The van der Waals surface area contributed by atoms with Crippen LogP contribution in [0.4, 0.5) is 16.2 Å². The minimum Gasteiger partial charge on any atom is -0.307 e. The number of hydrogen-bond donors (Lipinski definition) is 1. The number of fused-ring (bicyclic) bond motifs is 2. The number of amides is 2. The summed E-state index contributed by atoms with van der Waals surface area (Å²) in [5.41, 5.74) is 1.48. The minimum atomic E-state index is -0.188. The van der Waals surface area contributed by atoms with Gasteiger partial charge in [-0.2, -0.15) is 0 Å². The zero-order valence-electron chi connectivity index (χ0n) is 22.1. The summed E-state index contributed by atoms with van der Waals surface area (Å²) >= 11 is 12.2. The van der Waals surface area contributed by atoms with Gasteiger partial charge in [-0.15, -0.1) is 10.2 Å². The average Bonchev–Trinajstić information content (AvgIpc) is 3.39. The third kappa shape index (κ3) is 5.63. The summed E-state index contributed by atoms with van der Waals surface area (Å²) in [5.74, 6) is 2.31. The molecule has 38 heavy (non-hydrogen) atoms. The van der Waals surface area contributed by atoms with E-state index in [2.05, 4.69) is 43.9 Å². The highest BCUT2D eigenvalue weighted by Gasteiger charge is 2.40. The Kier molecular flexibility index (Phi) is 8.12. The zero-order chi connectivity index (χ0) is 26.8. The van der Waals surface area contributed by atoms with Gasteiger partial charge in [0, 0.05) is 42.5 Å². The number of aromatic nitrogens is 3. The fourth-order valence-corrected chi connectivity index (χ4v) is 6.01. The molecule has 202 valence electrons. The van der Waals surface area contributed by atoms with Crippen LogP contribution in [0.3, 0.4) is 0 Å². The Morgan fingerprint density at radius 2 is 1.76 bits per heavy atom. The van der Waals surface area contributed by atoms with Gasteiger partial charge in [-0.05, 0) is 56.5 Å². The van der Waals surface area contributed by atoms with Crippen LogP contribution in [0.2, 0.25) is 10.0 Å². The number of halogens is 2. The van der Waals surface area contributed by atoms with E-state index < -0.39 is 0 Å². The van der Waals surface area contributed by atoms with Gasteiger partial charge in [0.1, 0.15) is 5.82 Å². The van der Waals surface area contributed by atoms with Gasteiger partial charge in [0.25, 0.3) is 0 Å². The fraction of sp³-hybridized carbons (Fsp3) is 0.464. The summed E-state index contributed by atoms with van der Waals surface area (Å²) in [6.45, 7) is 9.87. The second-order valence-electron chi connectivity index (χ2n) is 10.5. The number of piperazine rings is 1. The van der Waals surface area contributed by atoms with E-state index in [1.165, 1.54) is 12.8 Å². The molecule has 1 aromatic heterocycles. The number of rotatable bonds is 8. The molecule has 2 amide bonds. The first-order valence-corrected chi connectivity index (χ1v) is 14.1. The number of hydrogen-bond acceptors (Lipinski definition) is 5. The van der Waals surface area contributed by atoms with Crippen LogP contribution < -0.4 is 15.2 Å². The van der Waals surface area contributed by atoms with Gasteiger partial charge in [-0.3, -0.25) is 9.80 Å². The van der Waals surface area contributed by atoms with Crippen LogP contribution in [-0.4, -0.2) is 64.1 Å². The average molecular weight is 557 g/mol. The summed E-state index contributed by atoms with van der Waals surface area (Å²) in [7, 11) is 0. The van der Waals surface area contributed by atoms with Crippen LogP contribution in [0.5, 0.6) is 0 Å². The number of carbonyl (C=O) groups excluding carboxylic acids is 1. The number of nitrogens with one attached hydrogen (secondary N) is 1. The number of carbonyl (C=O) groups is 1. The van der Waals surface area contributed by atoms with E-state index >= 15 is 0 Å². The lowest BCUT2D eigenvalue weighted by Crippen LogP contribution is -2.58. The first-order valence-electron chi connectivity index (χ1n) is 13.3. The molecule has 0 radical (unpaired) electrons. The van der Waals surface area contributed by atoms with E-state index in [4.69, 9.17) is 23.2 Å². The van der Waals surface area contributed by atoms with Crippen molar-refractivity contribution in [3.63, 3.8) is 0 Å². The van der Waals surface area contributed by atoms with Gasteiger partial charge in [0.15, 0.2) is 5.82 Å². The van der Waals surface area contributed by atoms with Crippen molar-refractivity contribution in [2.24, 2.45) is 0 Å². The molecule has 2 aliphatic rings. The Bertz CT molecular complexity index is 1250. The van der Waals surface area contributed by atoms with Crippen LogP contribution in [0.25, 0.3) is 0 Å². The molecule has 3 heterocycles. The molecule has 0 saturated carbocycles. The van der Waals surface area contributed by atoms with Crippen LogP contribution in [0.15, 0.2) is 48.5 Å². The highest BCUT2D eigenvalue weighted by molar-refractivity contribution is 6.42. The van der Waals surface area contributed by atoms with E-state index in [-0.39, 0.29) is 6.03 Å². The summed E-state index contributed by atoms with van der Waals surface area (Å²) in [6, 6.07) is 15.7. The number of benzene rings is 2. The van der Waals surface area contributed by atoms with Gasteiger partial charge in [-0.1, -0.05) is 55.2 Å². The van der Waals surface area contributed by atoms with Gasteiger partial charge in [0.2, 0.25) is 0 Å². The Morgan fingerprint density at radius 1 is 1.05 bits per heavy atom. The van der Waals surface area contributed by atoms with Gasteiger partial charge < -0.3 is 10.3 Å². The first-order chi connectivity index (χ1) is 18.3. The standard InChI is InChI=1S/C28H35Cl2N7O/c1-19(2)27-33-32-20(3)37(27)34-17-23-11-12-24(18-34)35(23)14-7-15-36(22-8-5-4-6-9-22)28(38)31-21-10-13-25(29)26(30)16-21/h4-6,8-10,13,16,19,23-24H,7,11-12,14-15,17-18H2,1-3H3,(H,31,38)/t23-,24+. The van der Waals surface area contributed by atoms with Crippen molar-refractivity contribution in [3.8, 4) is 0 Å². The van der Waals surface area contributed by atoms with Crippen molar-refractivity contribution in [1.29, 1.82) is 0 Å².